The van der Waals surface area contributed by atoms with Crippen LogP contribution >= 0.6 is 11.6 Å². The number of nitrogens with one attached hydrogen (secondary N) is 1. The summed E-state index contributed by atoms with van der Waals surface area (Å²) in [6, 6.07) is 11.6. The largest absolute Gasteiger partial charge is 0.322 e. The van der Waals surface area contributed by atoms with E-state index in [1.807, 2.05) is 38.1 Å². The second-order valence-electron chi connectivity index (χ2n) is 6.19. The smallest absolute Gasteiger partial charge is 0.321 e. The minimum Gasteiger partial charge on any atom is -0.321 e. The molecule has 0 spiro atoms. The number of aryl methyl sites for hydroxylation is 1. The van der Waals surface area contributed by atoms with Gasteiger partial charge in [0.1, 0.15) is 5.82 Å². The van der Waals surface area contributed by atoms with E-state index in [9.17, 15) is 9.18 Å². The van der Waals surface area contributed by atoms with Gasteiger partial charge in [0.25, 0.3) is 0 Å². The van der Waals surface area contributed by atoms with E-state index in [1.165, 1.54) is 18.2 Å². The lowest BCUT2D eigenvalue weighted by molar-refractivity contribution is 0.208. The van der Waals surface area contributed by atoms with Gasteiger partial charge in [0.05, 0.1) is 11.1 Å². The summed E-state index contributed by atoms with van der Waals surface area (Å²) in [6.45, 7) is 3.90. The van der Waals surface area contributed by atoms with E-state index in [0.29, 0.717) is 5.69 Å². The Balaban J connectivity index is 1.85. The number of hydrogen-bond donors (Lipinski definition) is 1. The van der Waals surface area contributed by atoms with E-state index in [4.69, 9.17) is 11.6 Å². The lowest BCUT2D eigenvalue weighted by Gasteiger charge is -2.26. The van der Waals surface area contributed by atoms with Gasteiger partial charge >= 0.3 is 6.03 Å². The van der Waals surface area contributed by atoms with E-state index < -0.39 is 5.82 Å². The number of anilines is 1. The highest BCUT2D eigenvalue weighted by Gasteiger charge is 2.20. The van der Waals surface area contributed by atoms with Gasteiger partial charge in [-0.05, 0) is 37.4 Å². The third-order valence-electron chi connectivity index (χ3n) is 4.55. The number of carbonyl (C=O) groups excluding carboxylic acids is 1. The predicted molar refractivity (Wildman–Crippen MR) is 103 cm³/mol. The van der Waals surface area contributed by atoms with E-state index in [0.717, 1.165) is 22.0 Å². The number of rotatable bonds is 3. The van der Waals surface area contributed by atoms with Gasteiger partial charge in [0, 0.05) is 35.6 Å². The Labute approximate surface area is 156 Å². The Morgan fingerprint density at radius 3 is 2.62 bits per heavy atom. The van der Waals surface area contributed by atoms with Gasteiger partial charge in [-0.3, -0.25) is 4.98 Å². The van der Waals surface area contributed by atoms with Crippen molar-refractivity contribution in [2.45, 2.75) is 19.9 Å². The van der Waals surface area contributed by atoms with E-state index in [-0.39, 0.29) is 17.1 Å². The second kappa shape index (κ2) is 7.30. The molecule has 0 unspecified atom stereocenters. The van der Waals surface area contributed by atoms with Crippen LogP contribution in [0.15, 0.2) is 48.7 Å². The number of fused-ring (bicyclic) bond motifs is 1. The maximum absolute atomic E-state index is 13.3. The highest BCUT2D eigenvalue weighted by atomic mass is 35.5. The van der Waals surface area contributed by atoms with Crippen LogP contribution in [0.1, 0.15) is 24.2 Å². The summed E-state index contributed by atoms with van der Waals surface area (Å²) >= 11 is 5.77. The van der Waals surface area contributed by atoms with Crippen LogP contribution in [0.5, 0.6) is 0 Å². The highest BCUT2D eigenvalue weighted by molar-refractivity contribution is 6.31. The Bertz CT molecular complexity index is 976. The maximum atomic E-state index is 13.3. The van der Waals surface area contributed by atoms with E-state index >= 15 is 0 Å². The molecule has 1 N–H and O–H groups in total. The molecule has 134 valence electrons. The van der Waals surface area contributed by atoms with Gasteiger partial charge in [0.2, 0.25) is 0 Å². The quantitative estimate of drug-likeness (QED) is 0.655. The molecule has 0 aliphatic heterocycles. The van der Waals surface area contributed by atoms with Gasteiger partial charge in [-0.25, -0.2) is 9.18 Å². The number of halogens is 2. The fourth-order valence-corrected chi connectivity index (χ4v) is 3.04. The molecule has 0 radical (unpaired) electrons. The summed E-state index contributed by atoms with van der Waals surface area (Å²) in [5, 5.41) is 4.83. The first-order valence-corrected chi connectivity index (χ1v) is 8.59. The zero-order valence-corrected chi connectivity index (χ0v) is 15.5. The summed E-state index contributed by atoms with van der Waals surface area (Å²) in [7, 11) is 1.71. The molecule has 0 aliphatic carbocycles. The molecular weight excluding hydrogens is 353 g/mol. The first-order valence-electron chi connectivity index (χ1n) is 8.21. The molecule has 3 aromatic rings. The summed E-state index contributed by atoms with van der Waals surface area (Å²) in [5.74, 6) is -0.524. The van der Waals surface area contributed by atoms with Crippen LogP contribution in [0.25, 0.3) is 10.8 Å². The van der Waals surface area contributed by atoms with Crippen molar-refractivity contribution in [2.75, 3.05) is 12.4 Å². The number of amides is 2. The molecule has 0 fully saturated rings. The molecular formula is C20H19ClFN3O. The van der Waals surface area contributed by atoms with Gasteiger partial charge in [-0.1, -0.05) is 35.9 Å². The van der Waals surface area contributed by atoms with Crippen LogP contribution in [-0.2, 0) is 0 Å². The molecule has 6 heteroatoms. The summed E-state index contributed by atoms with van der Waals surface area (Å²) in [6.07, 6.45) is 1.81. The van der Waals surface area contributed by atoms with Crippen LogP contribution in [0, 0.1) is 12.7 Å². The van der Waals surface area contributed by atoms with Crippen LogP contribution in [0.2, 0.25) is 5.02 Å². The normalized spacial score (nSPS) is 12.0. The van der Waals surface area contributed by atoms with E-state index in [1.54, 1.807) is 18.1 Å². The van der Waals surface area contributed by atoms with Gasteiger partial charge < -0.3 is 10.2 Å². The molecule has 0 saturated carbocycles. The summed E-state index contributed by atoms with van der Waals surface area (Å²) < 4.78 is 13.3. The molecule has 0 aliphatic rings. The highest BCUT2D eigenvalue weighted by Crippen LogP contribution is 2.28. The minimum atomic E-state index is -0.524. The summed E-state index contributed by atoms with van der Waals surface area (Å²) in [4.78, 5) is 18.6. The molecule has 3 rings (SSSR count). The third-order valence-corrected chi connectivity index (χ3v) is 4.84. The number of hydrogen-bond acceptors (Lipinski definition) is 2. The first-order chi connectivity index (χ1) is 12.4. The fraction of sp³-hybridized carbons (Fsp3) is 0.200. The minimum absolute atomic E-state index is 0.0350. The number of aromatic nitrogens is 1. The Morgan fingerprint density at radius 2 is 1.92 bits per heavy atom. The van der Waals surface area contributed by atoms with Crippen molar-refractivity contribution in [2.24, 2.45) is 0 Å². The molecule has 1 aromatic heterocycles. The van der Waals surface area contributed by atoms with Crippen LogP contribution in [-0.4, -0.2) is 23.0 Å². The SMILES string of the molecule is Cc1ncc([C@H](C)N(C)C(=O)Nc2ccc(F)c(Cl)c2)c2ccccc12. The Kier molecular flexibility index (Phi) is 5.09. The second-order valence-corrected chi connectivity index (χ2v) is 6.60. The zero-order valence-electron chi connectivity index (χ0n) is 14.8. The average Bonchev–Trinajstić information content (AvgIpc) is 2.64. The molecule has 1 heterocycles. The molecule has 1 atom stereocenters. The zero-order chi connectivity index (χ0) is 18.8. The molecule has 26 heavy (non-hydrogen) atoms. The number of nitrogens with zero attached hydrogens (tertiary/aromatic N) is 2. The monoisotopic (exact) mass is 371 g/mol. The standard InChI is InChI=1S/C20H19ClFN3O/c1-12-15-6-4-5-7-16(15)17(11-23-12)13(2)25(3)20(26)24-14-8-9-19(22)18(21)10-14/h4-11,13H,1-3H3,(H,24,26)/t13-/m0/s1. The molecule has 0 bridgehead atoms. The first kappa shape index (κ1) is 18.1. The topological polar surface area (TPSA) is 45.2 Å². The van der Waals surface area contributed by atoms with Crippen molar-refractivity contribution in [3.63, 3.8) is 0 Å². The van der Waals surface area contributed by atoms with Crippen LogP contribution < -0.4 is 5.32 Å². The summed E-state index contributed by atoms with van der Waals surface area (Å²) in [5.41, 5.74) is 2.35. The number of carbonyl (C=O) groups is 1. The van der Waals surface area contributed by atoms with Gasteiger partial charge in [0.15, 0.2) is 0 Å². The molecule has 0 saturated heterocycles. The lowest BCUT2D eigenvalue weighted by Crippen LogP contribution is -2.33. The number of pyridine rings is 1. The van der Waals surface area contributed by atoms with Gasteiger partial charge in [-0.2, -0.15) is 0 Å². The van der Waals surface area contributed by atoms with Crippen molar-refractivity contribution >= 4 is 34.1 Å². The Morgan fingerprint density at radius 1 is 1.23 bits per heavy atom. The van der Waals surface area contributed by atoms with Crippen molar-refractivity contribution in [1.29, 1.82) is 0 Å². The Hall–Kier alpha value is -2.66. The molecule has 4 nitrogen and oxygen atoms in total. The van der Waals surface area contributed by atoms with E-state index in [2.05, 4.69) is 10.3 Å². The average molecular weight is 372 g/mol. The van der Waals surface area contributed by atoms with Crippen molar-refractivity contribution in [1.82, 2.24) is 9.88 Å². The van der Waals surface area contributed by atoms with Crippen molar-refractivity contribution in [3.05, 3.63) is 70.8 Å². The van der Waals surface area contributed by atoms with Crippen LogP contribution in [0.4, 0.5) is 14.9 Å². The van der Waals surface area contributed by atoms with Crippen molar-refractivity contribution < 1.29 is 9.18 Å². The fourth-order valence-electron chi connectivity index (χ4n) is 2.86. The van der Waals surface area contributed by atoms with Crippen LogP contribution in [0.3, 0.4) is 0 Å². The predicted octanol–water partition coefficient (Wildman–Crippen LogP) is 5.56. The molecule has 2 amide bonds. The lowest BCUT2D eigenvalue weighted by atomic mass is 10.0. The number of urea groups is 1. The van der Waals surface area contributed by atoms with Gasteiger partial charge in [-0.15, -0.1) is 0 Å². The third kappa shape index (κ3) is 3.48. The maximum Gasteiger partial charge on any atom is 0.322 e. The number of benzene rings is 2. The molecule has 2 aromatic carbocycles. The van der Waals surface area contributed by atoms with Crippen molar-refractivity contribution in [3.8, 4) is 0 Å².